The Hall–Kier alpha value is -1.13. The highest BCUT2D eigenvalue weighted by atomic mass is 19.1. The van der Waals surface area contributed by atoms with Gasteiger partial charge in [-0.1, -0.05) is 13.0 Å². The van der Waals surface area contributed by atoms with E-state index in [1.54, 1.807) is 6.07 Å². The summed E-state index contributed by atoms with van der Waals surface area (Å²) in [5.41, 5.74) is 6.40. The predicted molar refractivity (Wildman–Crippen MR) is 62.9 cm³/mol. The first-order chi connectivity index (χ1) is 7.67. The number of hydrogen-bond acceptors (Lipinski definition) is 3. The van der Waals surface area contributed by atoms with Gasteiger partial charge < -0.3 is 15.8 Å². The molecular weight excluding hydrogens is 207 g/mol. The minimum absolute atomic E-state index is 0.277. The molecule has 0 aromatic heterocycles. The summed E-state index contributed by atoms with van der Waals surface area (Å²) in [5, 5.41) is 3.23. The molecule has 0 fully saturated rings. The Morgan fingerprint density at radius 3 is 2.81 bits per heavy atom. The van der Waals surface area contributed by atoms with Gasteiger partial charge in [-0.2, -0.15) is 0 Å². The van der Waals surface area contributed by atoms with Gasteiger partial charge in [0.05, 0.1) is 7.11 Å². The summed E-state index contributed by atoms with van der Waals surface area (Å²) < 4.78 is 18.2. The lowest BCUT2D eigenvalue weighted by atomic mass is 10.1. The summed E-state index contributed by atoms with van der Waals surface area (Å²) in [6.07, 6.45) is 0. The molecule has 3 nitrogen and oxygen atoms in total. The molecular formula is C12H19FN2O. The van der Waals surface area contributed by atoms with Crippen molar-refractivity contribution in [3.63, 3.8) is 0 Å². The third-order valence-electron chi connectivity index (χ3n) is 2.44. The minimum Gasteiger partial charge on any atom is -0.494 e. The van der Waals surface area contributed by atoms with Crippen LogP contribution in [0.4, 0.5) is 4.39 Å². The highest BCUT2D eigenvalue weighted by Gasteiger charge is 2.03. The fourth-order valence-corrected chi connectivity index (χ4v) is 1.37. The lowest BCUT2D eigenvalue weighted by molar-refractivity contribution is 0.386. The van der Waals surface area contributed by atoms with Gasteiger partial charge in [-0.15, -0.1) is 0 Å². The van der Waals surface area contributed by atoms with Crippen LogP contribution in [0.5, 0.6) is 5.75 Å². The summed E-state index contributed by atoms with van der Waals surface area (Å²) in [7, 11) is 1.46. The molecule has 1 rings (SSSR count). The molecule has 16 heavy (non-hydrogen) atoms. The zero-order valence-corrected chi connectivity index (χ0v) is 9.79. The summed E-state index contributed by atoms with van der Waals surface area (Å²) in [6, 6.07) is 4.97. The molecule has 0 heterocycles. The first kappa shape index (κ1) is 12.9. The van der Waals surface area contributed by atoms with Crippen LogP contribution in [0.2, 0.25) is 0 Å². The number of halogens is 1. The number of methoxy groups -OCH3 is 1. The van der Waals surface area contributed by atoms with E-state index in [1.807, 2.05) is 6.07 Å². The van der Waals surface area contributed by atoms with Crippen LogP contribution in [0.3, 0.4) is 0 Å². The standard InChI is InChI=1S/C12H19FN2O/c1-9(6-14)7-15-8-10-3-4-12(16-2)11(13)5-10/h3-5,9,15H,6-8,14H2,1-2H3. The Balaban J connectivity index is 2.46. The first-order valence-electron chi connectivity index (χ1n) is 5.40. The van der Waals surface area contributed by atoms with Crippen molar-refractivity contribution < 1.29 is 9.13 Å². The lowest BCUT2D eigenvalue weighted by Gasteiger charge is -2.10. The zero-order chi connectivity index (χ0) is 12.0. The van der Waals surface area contributed by atoms with E-state index in [0.717, 1.165) is 12.1 Å². The molecule has 1 aromatic carbocycles. The third-order valence-corrected chi connectivity index (χ3v) is 2.44. The van der Waals surface area contributed by atoms with Gasteiger partial charge in [-0.3, -0.25) is 0 Å². The van der Waals surface area contributed by atoms with Crippen molar-refractivity contribution in [1.82, 2.24) is 5.32 Å². The molecule has 0 spiro atoms. The van der Waals surface area contributed by atoms with E-state index in [0.29, 0.717) is 19.0 Å². The third kappa shape index (κ3) is 3.79. The maximum atomic E-state index is 13.3. The quantitative estimate of drug-likeness (QED) is 0.773. The van der Waals surface area contributed by atoms with E-state index in [2.05, 4.69) is 12.2 Å². The lowest BCUT2D eigenvalue weighted by Crippen LogP contribution is -2.25. The van der Waals surface area contributed by atoms with Crippen LogP contribution in [0.1, 0.15) is 12.5 Å². The van der Waals surface area contributed by atoms with Gasteiger partial charge in [0, 0.05) is 6.54 Å². The van der Waals surface area contributed by atoms with E-state index in [9.17, 15) is 4.39 Å². The molecule has 1 atom stereocenters. The molecule has 4 heteroatoms. The van der Waals surface area contributed by atoms with Crippen LogP contribution < -0.4 is 15.8 Å². The van der Waals surface area contributed by atoms with Crippen molar-refractivity contribution >= 4 is 0 Å². The second kappa shape index (κ2) is 6.45. The van der Waals surface area contributed by atoms with Crippen LogP contribution in [0.25, 0.3) is 0 Å². The van der Waals surface area contributed by atoms with Crippen molar-refractivity contribution in [2.45, 2.75) is 13.5 Å². The molecule has 0 saturated carbocycles. The molecule has 1 unspecified atom stereocenters. The molecule has 0 aliphatic heterocycles. The first-order valence-corrected chi connectivity index (χ1v) is 5.40. The number of nitrogens with one attached hydrogen (secondary N) is 1. The number of rotatable bonds is 6. The van der Waals surface area contributed by atoms with Gasteiger partial charge >= 0.3 is 0 Å². The summed E-state index contributed by atoms with van der Waals surface area (Å²) in [6.45, 7) is 4.21. The predicted octanol–water partition coefficient (Wildman–Crippen LogP) is 1.52. The fraction of sp³-hybridized carbons (Fsp3) is 0.500. The van der Waals surface area contributed by atoms with E-state index in [4.69, 9.17) is 10.5 Å². The zero-order valence-electron chi connectivity index (χ0n) is 9.79. The van der Waals surface area contributed by atoms with Gasteiger partial charge in [0.1, 0.15) is 0 Å². The Morgan fingerprint density at radius 1 is 1.50 bits per heavy atom. The smallest absolute Gasteiger partial charge is 0.165 e. The van der Waals surface area contributed by atoms with Crippen molar-refractivity contribution in [1.29, 1.82) is 0 Å². The molecule has 0 aliphatic carbocycles. The minimum atomic E-state index is -0.325. The maximum absolute atomic E-state index is 13.3. The molecule has 0 aliphatic rings. The molecule has 0 amide bonds. The van der Waals surface area contributed by atoms with Crippen molar-refractivity contribution in [2.75, 3.05) is 20.2 Å². The average Bonchev–Trinajstić information content (AvgIpc) is 2.29. The monoisotopic (exact) mass is 226 g/mol. The van der Waals surface area contributed by atoms with Gasteiger partial charge in [0.25, 0.3) is 0 Å². The molecule has 0 saturated heterocycles. The second-order valence-electron chi connectivity index (χ2n) is 3.94. The van der Waals surface area contributed by atoms with Crippen LogP contribution in [-0.2, 0) is 6.54 Å². The number of hydrogen-bond donors (Lipinski definition) is 2. The molecule has 90 valence electrons. The van der Waals surface area contributed by atoms with Crippen molar-refractivity contribution in [3.8, 4) is 5.75 Å². The largest absolute Gasteiger partial charge is 0.494 e. The van der Waals surface area contributed by atoms with Gasteiger partial charge in [-0.25, -0.2) is 4.39 Å². The van der Waals surface area contributed by atoms with Gasteiger partial charge in [0.15, 0.2) is 11.6 Å². The molecule has 0 bridgehead atoms. The Labute approximate surface area is 95.8 Å². The topological polar surface area (TPSA) is 47.3 Å². The van der Waals surface area contributed by atoms with Crippen molar-refractivity contribution in [3.05, 3.63) is 29.6 Å². The number of benzene rings is 1. The van der Waals surface area contributed by atoms with Gasteiger partial charge in [0.2, 0.25) is 0 Å². The fourth-order valence-electron chi connectivity index (χ4n) is 1.37. The Kier molecular flexibility index (Phi) is 5.22. The molecule has 1 aromatic rings. The van der Waals surface area contributed by atoms with E-state index < -0.39 is 0 Å². The maximum Gasteiger partial charge on any atom is 0.165 e. The summed E-state index contributed by atoms with van der Waals surface area (Å²) in [5.74, 6) is 0.385. The summed E-state index contributed by atoms with van der Waals surface area (Å²) >= 11 is 0. The Morgan fingerprint density at radius 2 is 2.25 bits per heavy atom. The number of ether oxygens (including phenoxy) is 1. The van der Waals surface area contributed by atoms with Crippen LogP contribution in [0.15, 0.2) is 18.2 Å². The van der Waals surface area contributed by atoms with E-state index in [1.165, 1.54) is 13.2 Å². The normalized spacial score (nSPS) is 12.5. The van der Waals surface area contributed by atoms with Gasteiger partial charge in [-0.05, 0) is 36.7 Å². The van der Waals surface area contributed by atoms with E-state index >= 15 is 0 Å². The van der Waals surface area contributed by atoms with Crippen LogP contribution in [-0.4, -0.2) is 20.2 Å². The van der Waals surface area contributed by atoms with Crippen molar-refractivity contribution in [2.24, 2.45) is 11.7 Å². The SMILES string of the molecule is COc1ccc(CNCC(C)CN)cc1F. The summed E-state index contributed by atoms with van der Waals surface area (Å²) in [4.78, 5) is 0. The highest BCUT2D eigenvalue weighted by molar-refractivity contribution is 5.29. The second-order valence-corrected chi connectivity index (χ2v) is 3.94. The van der Waals surface area contributed by atoms with E-state index in [-0.39, 0.29) is 11.6 Å². The van der Waals surface area contributed by atoms with Crippen LogP contribution >= 0.6 is 0 Å². The average molecular weight is 226 g/mol. The molecule has 3 N–H and O–H groups in total. The van der Waals surface area contributed by atoms with Crippen LogP contribution in [0, 0.1) is 11.7 Å². The highest BCUT2D eigenvalue weighted by Crippen LogP contribution is 2.17. The number of nitrogens with two attached hydrogens (primary N) is 1. The Bertz CT molecular complexity index is 331. The molecule has 0 radical (unpaired) electrons.